The Morgan fingerprint density at radius 1 is 1.00 bits per heavy atom. The zero-order valence-corrected chi connectivity index (χ0v) is 15.8. The highest BCUT2D eigenvalue weighted by molar-refractivity contribution is 6.07. The molecule has 1 amide bonds. The Balaban J connectivity index is 1.73. The number of ether oxygens (including phenoxy) is 1. The van der Waals surface area contributed by atoms with Crippen LogP contribution in [0.5, 0.6) is 11.5 Å². The topological polar surface area (TPSA) is 53.9 Å². The van der Waals surface area contributed by atoms with Gasteiger partial charge in [-0.1, -0.05) is 30.3 Å². The van der Waals surface area contributed by atoms with Crippen molar-refractivity contribution in [1.29, 1.82) is 0 Å². The first-order valence-electron chi connectivity index (χ1n) is 9.23. The number of amides is 1. The quantitative estimate of drug-likeness (QED) is 0.699. The van der Waals surface area contributed by atoms with Crippen LogP contribution in [0.1, 0.15) is 22.8 Å². The molecule has 140 valence electrons. The number of carbonyl (C=O) groups excluding carboxylic acids is 1. The zero-order valence-electron chi connectivity index (χ0n) is 15.8. The fourth-order valence-corrected chi connectivity index (χ4v) is 3.03. The second-order valence-electron chi connectivity index (χ2n) is 6.55. The van der Waals surface area contributed by atoms with Crippen molar-refractivity contribution >= 4 is 23.1 Å². The number of hydrogen-bond donors (Lipinski definition) is 1. The first-order valence-corrected chi connectivity index (χ1v) is 9.23. The molecule has 0 aliphatic carbocycles. The highest BCUT2D eigenvalue weighted by atomic mass is 16.5. The van der Waals surface area contributed by atoms with E-state index in [0.29, 0.717) is 22.7 Å². The summed E-state index contributed by atoms with van der Waals surface area (Å²) in [5.74, 6) is 2.07. The van der Waals surface area contributed by atoms with Gasteiger partial charge in [0, 0.05) is 24.8 Å². The zero-order chi connectivity index (χ0) is 19.5. The van der Waals surface area contributed by atoms with E-state index in [1.54, 1.807) is 12.1 Å². The number of hydrogen-bond acceptors (Lipinski definition) is 4. The third-order valence-electron chi connectivity index (χ3n) is 4.66. The van der Waals surface area contributed by atoms with Crippen molar-refractivity contribution in [3.63, 3.8) is 0 Å². The predicted octanol–water partition coefficient (Wildman–Crippen LogP) is 5.07. The molecule has 1 N–H and O–H groups in total. The maximum absolute atomic E-state index is 12.5. The summed E-state index contributed by atoms with van der Waals surface area (Å²) in [5.41, 5.74) is 2.93. The lowest BCUT2D eigenvalue weighted by Crippen LogP contribution is -2.27. The summed E-state index contributed by atoms with van der Waals surface area (Å²) in [6, 6.07) is 22.5. The molecule has 1 aliphatic heterocycles. The Morgan fingerprint density at radius 2 is 1.75 bits per heavy atom. The van der Waals surface area contributed by atoms with Crippen LogP contribution in [0.15, 0.2) is 77.8 Å². The van der Waals surface area contributed by atoms with Crippen LogP contribution in [0.3, 0.4) is 0 Å². The van der Waals surface area contributed by atoms with E-state index in [2.05, 4.69) is 17.1 Å². The highest BCUT2D eigenvalue weighted by Crippen LogP contribution is 2.38. The van der Waals surface area contributed by atoms with E-state index in [-0.39, 0.29) is 5.91 Å². The molecule has 0 fully saturated rings. The summed E-state index contributed by atoms with van der Waals surface area (Å²) in [6.07, 6.45) is 0. The molecule has 0 unspecified atom stereocenters. The molecule has 1 aliphatic rings. The molecule has 0 aromatic heterocycles. The second kappa shape index (κ2) is 7.56. The maximum atomic E-state index is 12.5. The van der Waals surface area contributed by atoms with Crippen molar-refractivity contribution in [3.05, 3.63) is 83.9 Å². The minimum Gasteiger partial charge on any atom is -0.454 e. The van der Waals surface area contributed by atoms with Gasteiger partial charge in [-0.25, -0.2) is 4.99 Å². The number of para-hydroxylation sites is 2. The number of amidine groups is 1. The van der Waals surface area contributed by atoms with Crippen LogP contribution in [0, 0.1) is 0 Å². The minimum atomic E-state index is -0.152. The molecule has 4 rings (SSSR count). The summed E-state index contributed by atoms with van der Waals surface area (Å²) >= 11 is 0. The lowest BCUT2D eigenvalue weighted by atomic mass is 10.1. The minimum absolute atomic E-state index is 0.152. The van der Waals surface area contributed by atoms with Crippen molar-refractivity contribution < 1.29 is 9.53 Å². The van der Waals surface area contributed by atoms with Crippen LogP contribution in [-0.2, 0) is 0 Å². The third-order valence-corrected chi connectivity index (χ3v) is 4.66. The smallest absolute Gasteiger partial charge is 0.255 e. The van der Waals surface area contributed by atoms with Crippen LogP contribution in [0.25, 0.3) is 0 Å². The summed E-state index contributed by atoms with van der Waals surface area (Å²) in [5, 5.41) is 2.96. The number of nitrogens with one attached hydrogen (secondary N) is 1. The Bertz CT molecular complexity index is 1040. The summed E-state index contributed by atoms with van der Waals surface area (Å²) in [4.78, 5) is 19.4. The van der Waals surface area contributed by atoms with Crippen LogP contribution in [0.2, 0.25) is 0 Å². The largest absolute Gasteiger partial charge is 0.454 e. The third kappa shape index (κ3) is 3.47. The van der Waals surface area contributed by atoms with Crippen molar-refractivity contribution in [2.24, 2.45) is 4.99 Å². The van der Waals surface area contributed by atoms with Gasteiger partial charge in [0.1, 0.15) is 17.3 Å². The van der Waals surface area contributed by atoms with E-state index in [0.717, 1.165) is 23.6 Å². The van der Waals surface area contributed by atoms with Gasteiger partial charge >= 0.3 is 0 Å². The van der Waals surface area contributed by atoms with Gasteiger partial charge in [0.05, 0.1) is 5.56 Å². The Hall–Kier alpha value is -3.60. The molecule has 5 heteroatoms. The lowest BCUT2D eigenvalue weighted by Gasteiger charge is -2.20. The first kappa shape index (κ1) is 17.8. The van der Waals surface area contributed by atoms with Crippen molar-refractivity contribution in [2.45, 2.75) is 6.92 Å². The fraction of sp³-hybridized carbons (Fsp3) is 0.130. The molecule has 28 heavy (non-hydrogen) atoms. The van der Waals surface area contributed by atoms with Crippen LogP contribution >= 0.6 is 0 Å². The predicted molar refractivity (Wildman–Crippen MR) is 112 cm³/mol. The average molecular weight is 371 g/mol. The Morgan fingerprint density at radius 3 is 2.54 bits per heavy atom. The molecule has 0 saturated heterocycles. The highest BCUT2D eigenvalue weighted by Gasteiger charge is 2.21. The molecule has 0 atom stereocenters. The first-order chi connectivity index (χ1) is 13.7. The Kier molecular flexibility index (Phi) is 4.81. The molecule has 1 heterocycles. The van der Waals surface area contributed by atoms with Gasteiger partial charge in [-0.2, -0.15) is 0 Å². The molecule has 0 saturated carbocycles. The van der Waals surface area contributed by atoms with Crippen molar-refractivity contribution in [3.8, 4) is 11.5 Å². The van der Waals surface area contributed by atoms with E-state index in [4.69, 9.17) is 9.73 Å². The van der Waals surface area contributed by atoms with E-state index in [9.17, 15) is 4.79 Å². The van der Waals surface area contributed by atoms with Crippen LogP contribution in [-0.4, -0.2) is 30.2 Å². The van der Waals surface area contributed by atoms with Gasteiger partial charge < -0.3 is 15.0 Å². The SMILES string of the molecule is CCN(C)C1=Nc2ccccc2Oc2ccc(NC(=O)c3ccccc3)cc21. The molecule has 5 nitrogen and oxygen atoms in total. The Labute approximate surface area is 164 Å². The van der Waals surface area contributed by atoms with E-state index < -0.39 is 0 Å². The standard InChI is InChI=1S/C23H21N3O2/c1-3-26(2)22-18-15-17(24-23(27)16-9-5-4-6-10-16)13-14-20(18)28-21-12-8-7-11-19(21)25-22/h4-15H,3H2,1-2H3,(H,24,27). The molecule has 0 radical (unpaired) electrons. The number of rotatable bonds is 3. The van der Waals surface area contributed by atoms with E-state index in [1.807, 2.05) is 67.7 Å². The summed E-state index contributed by atoms with van der Waals surface area (Å²) in [6.45, 7) is 2.86. The summed E-state index contributed by atoms with van der Waals surface area (Å²) < 4.78 is 6.12. The van der Waals surface area contributed by atoms with Crippen molar-refractivity contribution in [2.75, 3.05) is 18.9 Å². The van der Waals surface area contributed by atoms with E-state index in [1.165, 1.54) is 0 Å². The summed E-state index contributed by atoms with van der Waals surface area (Å²) in [7, 11) is 1.99. The van der Waals surface area contributed by atoms with E-state index >= 15 is 0 Å². The molecule has 0 spiro atoms. The van der Waals surface area contributed by atoms with Crippen molar-refractivity contribution in [1.82, 2.24) is 4.90 Å². The van der Waals surface area contributed by atoms with Gasteiger partial charge in [0.15, 0.2) is 5.75 Å². The second-order valence-corrected chi connectivity index (χ2v) is 6.55. The van der Waals surface area contributed by atoms with Crippen LogP contribution < -0.4 is 10.1 Å². The molecular weight excluding hydrogens is 350 g/mol. The average Bonchev–Trinajstić information content (AvgIpc) is 2.90. The molecule has 3 aromatic carbocycles. The van der Waals surface area contributed by atoms with Gasteiger partial charge in [-0.3, -0.25) is 4.79 Å². The lowest BCUT2D eigenvalue weighted by molar-refractivity contribution is 0.102. The number of aliphatic imine (C=N–C) groups is 1. The normalized spacial score (nSPS) is 12.0. The number of fused-ring (bicyclic) bond motifs is 2. The molecule has 3 aromatic rings. The van der Waals surface area contributed by atoms with Crippen LogP contribution in [0.4, 0.5) is 11.4 Å². The monoisotopic (exact) mass is 371 g/mol. The number of nitrogens with zero attached hydrogens (tertiary/aromatic N) is 2. The molecular formula is C23H21N3O2. The number of benzene rings is 3. The van der Waals surface area contributed by atoms with Gasteiger partial charge in [0.2, 0.25) is 0 Å². The molecule has 0 bridgehead atoms. The fourth-order valence-electron chi connectivity index (χ4n) is 3.03. The van der Waals surface area contributed by atoms with Gasteiger partial charge in [-0.05, 0) is 49.4 Å². The number of anilines is 1. The van der Waals surface area contributed by atoms with Gasteiger partial charge in [-0.15, -0.1) is 0 Å². The van der Waals surface area contributed by atoms with Gasteiger partial charge in [0.25, 0.3) is 5.91 Å². The maximum Gasteiger partial charge on any atom is 0.255 e. The number of carbonyl (C=O) groups is 1.